The maximum absolute atomic E-state index is 12.1. The summed E-state index contributed by atoms with van der Waals surface area (Å²) < 4.78 is 58.1. The van der Waals surface area contributed by atoms with E-state index in [9.17, 15) is 26.4 Å². The van der Waals surface area contributed by atoms with Crippen LogP contribution in [-0.4, -0.2) is 41.9 Å². The third kappa shape index (κ3) is 2.07. The first-order valence-corrected chi connectivity index (χ1v) is 5.43. The van der Waals surface area contributed by atoms with Crippen molar-refractivity contribution in [3.05, 3.63) is 0 Å². The first-order chi connectivity index (χ1) is 6.68. The first kappa shape index (κ1) is 12.2. The molecule has 1 rings (SSSR count). The Kier molecular flexibility index (Phi) is 2.97. The largest absolute Gasteiger partial charge is 0.511 e. The molecule has 1 fully saturated rings. The zero-order valence-corrected chi connectivity index (χ0v) is 8.18. The van der Waals surface area contributed by atoms with E-state index < -0.39 is 34.1 Å². The average Bonchev–Trinajstić information content (AvgIpc) is 2.48. The summed E-state index contributed by atoms with van der Waals surface area (Å²) in [6.07, 6.45) is 0.0247. The predicted molar refractivity (Wildman–Crippen MR) is 42.3 cm³/mol. The van der Waals surface area contributed by atoms with E-state index in [2.05, 4.69) is 0 Å². The molecule has 1 heterocycles. The highest BCUT2D eigenvalue weighted by Gasteiger charge is 2.54. The lowest BCUT2D eigenvalue weighted by Crippen LogP contribution is -2.46. The number of nitrogens with zero attached hydrogens (tertiary/aromatic N) is 1. The quantitative estimate of drug-likeness (QED) is 0.765. The Bertz CT molecular complexity index is 363. The Labute approximate surface area is 83.5 Å². The molecule has 5 nitrogen and oxygen atoms in total. The van der Waals surface area contributed by atoms with Gasteiger partial charge in [-0.05, 0) is 12.8 Å². The summed E-state index contributed by atoms with van der Waals surface area (Å²) in [5.41, 5.74) is -5.44. The van der Waals surface area contributed by atoms with Crippen molar-refractivity contribution in [2.24, 2.45) is 0 Å². The molecule has 9 heteroatoms. The lowest BCUT2D eigenvalue weighted by molar-refractivity contribution is -0.140. The van der Waals surface area contributed by atoms with Crippen molar-refractivity contribution >= 4 is 16.0 Å². The van der Waals surface area contributed by atoms with Gasteiger partial charge in [-0.15, -0.1) is 0 Å². The molecule has 88 valence electrons. The zero-order valence-electron chi connectivity index (χ0n) is 7.36. The van der Waals surface area contributed by atoms with Crippen molar-refractivity contribution < 1.29 is 31.5 Å². The molecule has 1 atom stereocenters. The molecular weight excluding hydrogens is 239 g/mol. The normalized spacial score (nSPS) is 24.3. The second-order valence-corrected chi connectivity index (χ2v) is 4.94. The Hall–Kier alpha value is -0.830. The summed E-state index contributed by atoms with van der Waals surface area (Å²) >= 11 is 0. The minimum absolute atomic E-state index is 0.00463. The van der Waals surface area contributed by atoms with E-state index in [4.69, 9.17) is 5.11 Å². The van der Waals surface area contributed by atoms with Crippen molar-refractivity contribution in [3.63, 3.8) is 0 Å². The smallest absolute Gasteiger partial charge is 0.480 e. The molecule has 0 aromatic carbocycles. The summed E-state index contributed by atoms with van der Waals surface area (Å²) in [7, 11) is -5.52. The number of carbonyl (C=O) groups is 1. The van der Waals surface area contributed by atoms with E-state index >= 15 is 0 Å². The van der Waals surface area contributed by atoms with Crippen LogP contribution in [0.5, 0.6) is 0 Å². The van der Waals surface area contributed by atoms with Gasteiger partial charge in [0.05, 0.1) is 0 Å². The second-order valence-electron chi connectivity index (χ2n) is 3.06. The van der Waals surface area contributed by atoms with E-state index in [0.717, 1.165) is 0 Å². The minimum atomic E-state index is -5.52. The molecule has 1 aliphatic rings. The van der Waals surface area contributed by atoms with Gasteiger partial charge in [-0.1, -0.05) is 0 Å². The average molecular weight is 247 g/mol. The van der Waals surface area contributed by atoms with Crippen LogP contribution >= 0.6 is 0 Å². The molecule has 15 heavy (non-hydrogen) atoms. The molecule has 0 unspecified atom stereocenters. The van der Waals surface area contributed by atoms with Gasteiger partial charge in [0.15, 0.2) is 0 Å². The molecule has 1 saturated heterocycles. The van der Waals surface area contributed by atoms with Gasteiger partial charge in [-0.25, -0.2) is 8.42 Å². The van der Waals surface area contributed by atoms with Gasteiger partial charge in [-0.2, -0.15) is 17.5 Å². The first-order valence-electron chi connectivity index (χ1n) is 3.99. The molecule has 1 aliphatic heterocycles. The number of hydrogen-bond acceptors (Lipinski definition) is 3. The molecule has 0 amide bonds. The highest BCUT2D eigenvalue weighted by atomic mass is 32.2. The second kappa shape index (κ2) is 3.63. The fourth-order valence-electron chi connectivity index (χ4n) is 1.41. The summed E-state index contributed by atoms with van der Waals surface area (Å²) in [4.78, 5) is 10.5. The summed E-state index contributed by atoms with van der Waals surface area (Å²) in [5.74, 6) is -1.56. The van der Waals surface area contributed by atoms with Crippen molar-refractivity contribution in [1.82, 2.24) is 4.31 Å². The van der Waals surface area contributed by atoms with E-state index in [1.54, 1.807) is 0 Å². The summed E-state index contributed by atoms with van der Waals surface area (Å²) in [5, 5.41) is 8.54. The minimum Gasteiger partial charge on any atom is -0.480 e. The van der Waals surface area contributed by atoms with Crippen LogP contribution in [0.2, 0.25) is 0 Å². The summed E-state index contributed by atoms with van der Waals surface area (Å²) in [6, 6.07) is -1.60. The molecular formula is C6H8F3NO4S. The van der Waals surface area contributed by atoms with Gasteiger partial charge in [-0.3, -0.25) is 4.79 Å². The van der Waals surface area contributed by atoms with Crippen LogP contribution in [0, 0.1) is 0 Å². The molecule has 0 aliphatic carbocycles. The highest BCUT2D eigenvalue weighted by Crippen LogP contribution is 2.32. The fraction of sp³-hybridized carbons (Fsp3) is 0.833. The Balaban J connectivity index is 3.03. The number of halogens is 3. The molecule has 0 saturated carbocycles. The molecule has 0 aromatic heterocycles. The number of carboxylic acid groups (broad SMARTS) is 1. The van der Waals surface area contributed by atoms with Crippen LogP contribution < -0.4 is 0 Å². The number of hydrogen-bond donors (Lipinski definition) is 1. The molecule has 0 spiro atoms. The van der Waals surface area contributed by atoms with Crippen LogP contribution in [0.4, 0.5) is 13.2 Å². The molecule has 0 aromatic rings. The van der Waals surface area contributed by atoms with Gasteiger partial charge < -0.3 is 5.11 Å². The number of alkyl halides is 3. The Morgan fingerprint density at radius 2 is 1.93 bits per heavy atom. The Morgan fingerprint density at radius 1 is 1.40 bits per heavy atom. The van der Waals surface area contributed by atoms with Crippen LogP contribution in [0.15, 0.2) is 0 Å². The van der Waals surface area contributed by atoms with E-state index in [-0.39, 0.29) is 17.1 Å². The lowest BCUT2D eigenvalue weighted by atomic mass is 10.2. The molecule has 0 radical (unpaired) electrons. The highest BCUT2D eigenvalue weighted by molar-refractivity contribution is 7.90. The third-order valence-corrected chi connectivity index (χ3v) is 3.73. The number of rotatable bonds is 2. The van der Waals surface area contributed by atoms with Crippen molar-refractivity contribution in [2.45, 2.75) is 24.4 Å². The monoisotopic (exact) mass is 247 g/mol. The number of carboxylic acids is 1. The fourth-order valence-corrected chi connectivity index (χ4v) is 2.57. The van der Waals surface area contributed by atoms with Crippen molar-refractivity contribution in [1.29, 1.82) is 0 Å². The van der Waals surface area contributed by atoms with Gasteiger partial charge >= 0.3 is 21.5 Å². The number of aliphatic carboxylic acids is 1. The van der Waals surface area contributed by atoms with Gasteiger partial charge in [0.2, 0.25) is 0 Å². The van der Waals surface area contributed by atoms with E-state index in [1.165, 1.54) is 0 Å². The van der Waals surface area contributed by atoms with Crippen molar-refractivity contribution in [3.8, 4) is 0 Å². The van der Waals surface area contributed by atoms with E-state index in [0.29, 0.717) is 0 Å². The van der Waals surface area contributed by atoms with E-state index in [1.807, 2.05) is 0 Å². The van der Waals surface area contributed by atoms with Crippen LogP contribution in [0.25, 0.3) is 0 Å². The van der Waals surface area contributed by atoms with Crippen molar-refractivity contribution in [2.75, 3.05) is 6.54 Å². The molecule has 0 bridgehead atoms. The Morgan fingerprint density at radius 3 is 2.33 bits per heavy atom. The predicted octanol–water partition coefficient (Wildman–Crippen LogP) is 0.385. The van der Waals surface area contributed by atoms with Crippen LogP contribution in [-0.2, 0) is 14.8 Å². The van der Waals surface area contributed by atoms with Gasteiger partial charge in [0.1, 0.15) is 6.04 Å². The number of sulfonamides is 1. The SMILES string of the molecule is O=C(O)[C@H]1CCCN1S(=O)(=O)C(F)(F)F. The lowest BCUT2D eigenvalue weighted by Gasteiger charge is -2.21. The van der Waals surface area contributed by atoms with Crippen LogP contribution in [0.1, 0.15) is 12.8 Å². The third-order valence-electron chi connectivity index (χ3n) is 2.09. The standard InChI is InChI=1S/C6H8F3NO4S/c7-6(8,9)15(13,14)10-3-1-2-4(10)5(11)12/h4H,1-3H2,(H,11,12)/t4-/m1/s1. The van der Waals surface area contributed by atoms with Crippen LogP contribution in [0.3, 0.4) is 0 Å². The zero-order chi connectivity index (χ0) is 11.9. The maximum Gasteiger partial charge on any atom is 0.511 e. The van der Waals surface area contributed by atoms with Gasteiger partial charge in [0.25, 0.3) is 0 Å². The molecule has 1 N–H and O–H groups in total. The topological polar surface area (TPSA) is 74.7 Å². The summed E-state index contributed by atoms with van der Waals surface area (Å²) in [6.45, 7) is -0.404. The van der Waals surface area contributed by atoms with Gasteiger partial charge in [0, 0.05) is 6.54 Å². The maximum atomic E-state index is 12.1.